The average Bonchev–Trinajstić information content (AvgIpc) is 3.51. The number of ether oxygens (including phenoxy) is 2. The van der Waals surface area contributed by atoms with Crippen molar-refractivity contribution in [3.63, 3.8) is 0 Å². The molecule has 1 aliphatic heterocycles. The second-order valence-electron chi connectivity index (χ2n) is 14.0. The van der Waals surface area contributed by atoms with Crippen molar-refractivity contribution in [1.29, 1.82) is 0 Å². The number of carbonyl (C=O) groups excluding carboxylic acids is 4. The summed E-state index contributed by atoms with van der Waals surface area (Å²) in [5.41, 5.74) is 5.40. The highest BCUT2D eigenvalue weighted by molar-refractivity contribution is 6.09. The topological polar surface area (TPSA) is 158 Å². The maximum Gasteiger partial charge on any atom is 0.410 e. The molecule has 0 fully saturated rings. The second-order valence-corrected chi connectivity index (χ2v) is 14.0. The Hall–Kier alpha value is -6.73. The number of anilines is 2. The lowest BCUT2D eigenvalue weighted by Gasteiger charge is -2.31. The Morgan fingerprint density at radius 2 is 1.53 bits per heavy atom. The number of carboxylic acid groups (broad SMARTS) is 1. The molecule has 2 aliphatic rings. The van der Waals surface area contributed by atoms with Crippen molar-refractivity contribution in [2.45, 2.75) is 38.0 Å². The molecule has 4 amide bonds. The maximum absolute atomic E-state index is 14.8. The smallest absolute Gasteiger partial charge is 0.410 e. The normalized spacial score (nSPS) is 15.2. The Bertz CT molecular complexity index is 2350. The van der Waals surface area contributed by atoms with Crippen LogP contribution in [0.1, 0.15) is 46.4 Å². The first kappa shape index (κ1) is 38.5. The van der Waals surface area contributed by atoms with Crippen LogP contribution in [0.3, 0.4) is 0 Å². The summed E-state index contributed by atoms with van der Waals surface area (Å²) in [5.74, 6) is -1.89. The van der Waals surface area contributed by atoms with E-state index in [1.807, 2.05) is 48.5 Å². The number of hydrogen-bond donors (Lipinski definition) is 3. The number of aromatic carboxylic acids is 1. The van der Waals surface area contributed by atoms with E-state index in [-0.39, 0.29) is 37.5 Å². The van der Waals surface area contributed by atoms with E-state index in [4.69, 9.17) is 9.47 Å². The van der Waals surface area contributed by atoms with Gasteiger partial charge in [0.25, 0.3) is 5.91 Å². The molecule has 0 unspecified atom stereocenters. The van der Waals surface area contributed by atoms with E-state index in [1.165, 1.54) is 30.1 Å². The van der Waals surface area contributed by atoms with Crippen LogP contribution in [0.2, 0.25) is 0 Å². The van der Waals surface area contributed by atoms with Crippen molar-refractivity contribution < 1.29 is 38.6 Å². The number of nitrogens with one attached hydrogen (secondary N) is 2. The van der Waals surface area contributed by atoms with Gasteiger partial charge in [0.05, 0.1) is 56.3 Å². The number of rotatable bonds is 11. The molecule has 13 heteroatoms. The fourth-order valence-corrected chi connectivity index (χ4v) is 7.80. The molecule has 13 nitrogen and oxygen atoms in total. The molecule has 57 heavy (non-hydrogen) atoms. The van der Waals surface area contributed by atoms with Gasteiger partial charge in [-0.05, 0) is 77.3 Å². The van der Waals surface area contributed by atoms with Crippen LogP contribution in [0.4, 0.5) is 16.2 Å². The van der Waals surface area contributed by atoms with Gasteiger partial charge in [-0.3, -0.25) is 19.3 Å². The van der Waals surface area contributed by atoms with Gasteiger partial charge < -0.3 is 35.0 Å². The molecule has 0 spiro atoms. The molecule has 5 aromatic carbocycles. The zero-order valence-corrected chi connectivity index (χ0v) is 32.0. The molecule has 0 saturated heterocycles. The van der Waals surface area contributed by atoms with Gasteiger partial charge in [0.1, 0.15) is 11.8 Å². The Morgan fingerprint density at radius 1 is 0.877 bits per heavy atom. The van der Waals surface area contributed by atoms with E-state index in [0.717, 1.165) is 22.3 Å². The monoisotopic (exact) mass is 769 g/mol. The molecule has 0 aromatic heterocycles. The third-order valence-electron chi connectivity index (χ3n) is 10.8. The van der Waals surface area contributed by atoms with Crippen molar-refractivity contribution in [3.8, 4) is 16.9 Å². The standard InChI is InChI=1S/C44H43N5O8/c1-26(45-2)41(51)46-35-25-48(39(50)21-22-47(44(55)57-4)40-32-13-7-5-11-30(32)31-12-6-8-14-33(31)40)36-15-9-10-16-37(36)49(42(35)52)24-34-29-19-17-28(43(53)54)23-27(29)18-20-38(34)56-3/h5-20,23,26,35,40,45H,21-22,24-25H2,1-4H3,(H,46,51)(H,53,54)/t26-,35-/m0/s1. The predicted molar refractivity (Wildman–Crippen MR) is 215 cm³/mol. The fraction of sp³-hybridized carbons (Fsp3) is 0.250. The van der Waals surface area contributed by atoms with Gasteiger partial charge in [-0.1, -0.05) is 72.8 Å². The van der Waals surface area contributed by atoms with Gasteiger partial charge in [-0.2, -0.15) is 0 Å². The lowest BCUT2D eigenvalue weighted by Crippen LogP contribution is -2.56. The Kier molecular flexibility index (Phi) is 10.9. The molecule has 292 valence electrons. The van der Waals surface area contributed by atoms with Crippen LogP contribution in [-0.2, 0) is 25.7 Å². The maximum atomic E-state index is 14.8. The molecule has 7 rings (SSSR count). The minimum Gasteiger partial charge on any atom is -0.496 e. The van der Waals surface area contributed by atoms with Crippen LogP contribution >= 0.6 is 0 Å². The van der Waals surface area contributed by atoms with Gasteiger partial charge in [-0.25, -0.2) is 9.59 Å². The van der Waals surface area contributed by atoms with Crippen LogP contribution in [-0.4, -0.2) is 86.2 Å². The highest BCUT2D eigenvalue weighted by atomic mass is 16.5. The number of methoxy groups -OCH3 is 2. The van der Waals surface area contributed by atoms with Crippen LogP contribution in [0.25, 0.3) is 21.9 Å². The average molecular weight is 770 g/mol. The van der Waals surface area contributed by atoms with E-state index in [0.29, 0.717) is 33.5 Å². The summed E-state index contributed by atoms with van der Waals surface area (Å²) in [6.07, 6.45) is -0.725. The number of para-hydroxylation sites is 2. The number of benzene rings is 5. The molecule has 5 aromatic rings. The van der Waals surface area contributed by atoms with E-state index in [2.05, 4.69) is 10.6 Å². The van der Waals surface area contributed by atoms with Gasteiger partial charge in [0.15, 0.2) is 0 Å². The lowest BCUT2D eigenvalue weighted by atomic mass is 10.00. The fourth-order valence-electron chi connectivity index (χ4n) is 7.80. The summed E-state index contributed by atoms with van der Waals surface area (Å²) < 4.78 is 11.0. The van der Waals surface area contributed by atoms with E-state index >= 15 is 0 Å². The van der Waals surface area contributed by atoms with E-state index in [9.17, 15) is 29.1 Å². The van der Waals surface area contributed by atoms with Gasteiger partial charge in [-0.15, -0.1) is 0 Å². The Labute approximate surface area is 329 Å². The number of nitrogens with zero attached hydrogens (tertiary/aromatic N) is 3. The van der Waals surface area contributed by atoms with Crippen molar-refractivity contribution >= 4 is 51.9 Å². The van der Waals surface area contributed by atoms with Crippen LogP contribution in [0.15, 0.2) is 103 Å². The number of fused-ring (bicyclic) bond motifs is 5. The summed E-state index contributed by atoms with van der Waals surface area (Å²) >= 11 is 0. The number of carboxylic acids is 1. The zero-order chi connectivity index (χ0) is 40.4. The van der Waals surface area contributed by atoms with Crippen molar-refractivity contribution in [1.82, 2.24) is 15.5 Å². The first-order chi connectivity index (χ1) is 27.6. The predicted octanol–water partition coefficient (Wildman–Crippen LogP) is 5.75. The van der Waals surface area contributed by atoms with Gasteiger partial charge >= 0.3 is 12.1 Å². The Morgan fingerprint density at radius 3 is 2.16 bits per heavy atom. The molecular weight excluding hydrogens is 727 g/mol. The molecule has 0 radical (unpaired) electrons. The lowest BCUT2D eigenvalue weighted by molar-refractivity contribution is -0.128. The first-order valence-electron chi connectivity index (χ1n) is 18.6. The molecule has 1 heterocycles. The van der Waals surface area contributed by atoms with Gasteiger partial charge in [0, 0.05) is 18.5 Å². The minimum atomic E-state index is -1.17. The molecular formula is C44H43N5O8. The van der Waals surface area contributed by atoms with Crippen LogP contribution < -0.4 is 25.2 Å². The third-order valence-corrected chi connectivity index (χ3v) is 10.8. The van der Waals surface area contributed by atoms with Crippen molar-refractivity contribution in [2.24, 2.45) is 0 Å². The van der Waals surface area contributed by atoms with Gasteiger partial charge in [0.2, 0.25) is 11.8 Å². The number of amides is 4. The highest BCUT2D eigenvalue weighted by Crippen LogP contribution is 2.46. The third kappa shape index (κ3) is 7.25. The van der Waals surface area contributed by atoms with E-state index in [1.54, 1.807) is 67.4 Å². The molecule has 0 bridgehead atoms. The van der Waals surface area contributed by atoms with Crippen LogP contribution in [0.5, 0.6) is 5.75 Å². The summed E-state index contributed by atoms with van der Waals surface area (Å²) in [6, 6.07) is 28.6. The SMILES string of the molecule is CN[C@@H](C)C(=O)N[C@H]1CN(C(=O)CCN(C(=O)OC)C2c3ccccc3-c3ccccc32)c2ccccc2N(Cc2c(OC)ccc3cc(C(=O)O)ccc23)C1=O. The van der Waals surface area contributed by atoms with Crippen LogP contribution in [0, 0.1) is 0 Å². The largest absolute Gasteiger partial charge is 0.496 e. The summed E-state index contributed by atoms with van der Waals surface area (Å²) in [6.45, 7) is 1.44. The van der Waals surface area contributed by atoms with Crippen molar-refractivity contribution in [2.75, 3.05) is 44.2 Å². The second kappa shape index (κ2) is 16.2. The summed E-state index contributed by atoms with van der Waals surface area (Å²) in [4.78, 5) is 72.6. The first-order valence-corrected chi connectivity index (χ1v) is 18.6. The summed E-state index contributed by atoms with van der Waals surface area (Å²) in [5, 5.41) is 16.7. The summed E-state index contributed by atoms with van der Waals surface area (Å²) in [7, 11) is 4.45. The quantitative estimate of drug-likeness (QED) is 0.152. The highest BCUT2D eigenvalue weighted by Gasteiger charge is 2.40. The molecule has 1 aliphatic carbocycles. The number of carbonyl (C=O) groups is 5. The molecule has 0 saturated carbocycles. The minimum absolute atomic E-state index is 0.00544. The number of likely N-dealkylation sites (N-methyl/N-ethyl adjacent to an activating group) is 1. The van der Waals surface area contributed by atoms with Crippen molar-refractivity contribution in [3.05, 3.63) is 125 Å². The molecule has 2 atom stereocenters. The number of hydrogen-bond acceptors (Lipinski definition) is 8. The Balaban J connectivity index is 1.27. The van der Waals surface area contributed by atoms with E-state index < -0.39 is 42.0 Å². The molecule has 3 N–H and O–H groups in total. The zero-order valence-electron chi connectivity index (χ0n) is 32.0.